The zero-order valence-electron chi connectivity index (χ0n) is 12.5. The molecule has 1 saturated heterocycles. The van der Waals surface area contributed by atoms with E-state index in [1.165, 1.54) is 0 Å². The average Bonchev–Trinajstić information content (AvgIpc) is 3.00. The number of nitrogens with zero attached hydrogens (tertiary/aromatic N) is 3. The van der Waals surface area contributed by atoms with Gasteiger partial charge in [0, 0.05) is 43.7 Å². The molecule has 1 N–H and O–H groups in total. The molecule has 0 aliphatic carbocycles. The third kappa shape index (κ3) is 3.55. The topological polar surface area (TPSA) is 52.2 Å². The number of aromatic nitrogens is 2. The molecule has 1 aliphatic heterocycles. The molecule has 2 rings (SSSR count). The van der Waals surface area contributed by atoms with Crippen LogP contribution in [0, 0.1) is 0 Å². The highest BCUT2D eigenvalue weighted by Gasteiger charge is 2.31. The van der Waals surface area contributed by atoms with Gasteiger partial charge in [0.25, 0.3) is 0 Å². The minimum absolute atomic E-state index is 0.192. The normalized spacial score (nSPS) is 21.9. The molecule has 6 heteroatoms. The van der Waals surface area contributed by atoms with Crippen LogP contribution in [0.25, 0.3) is 0 Å². The summed E-state index contributed by atoms with van der Waals surface area (Å²) in [5.74, 6) is 1.22. The van der Waals surface area contributed by atoms with Crippen molar-refractivity contribution >= 4 is 17.7 Å². The van der Waals surface area contributed by atoms with Crippen molar-refractivity contribution < 1.29 is 4.79 Å². The van der Waals surface area contributed by atoms with Crippen LogP contribution in [0.15, 0.2) is 12.4 Å². The second-order valence-corrected chi connectivity index (χ2v) is 6.49. The van der Waals surface area contributed by atoms with Gasteiger partial charge in [-0.1, -0.05) is 13.8 Å². The minimum Gasteiger partial charge on any atom is -0.347 e. The molecule has 1 aromatic rings. The van der Waals surface area contributed by atoms with Gasteiger partial charge in [0.05, 0.1) is 6.04 Å². The van der Waals surface area contributed by atoms with E-state index in [1.807, 2.05) is 11.1 Å². The first-order valence-electron chi connectivity index (χ1n) is 7.19. The monoisotopic (exact) mass is 296 g/mol. The van der Waals surface area contributed by atoms with Crippen LogP contribution in [0.2, 0.25) is 0 Å². The van der Waals surface area contributed by atoms with E-state index in [0.29, 0.717) is 11.7 Å². The largest absolute Gasteiger partial charge is 0.347 e. The summed E-state index contributed by atoms with van der Waals surface area (Å²) in [5.41, 5.74) is 0. The summed E-state index contributed by atoms with van der Waals surface area (Å²) in [4.78, 5) is 24.3. The first-order valence-corrected chi connectivity index (χ1v) is 8.48. The van der Waals surface area contributed by atoms with Crippen molar-refractivity contribution in [1.29, 1.82) is 0 Å². The predicted octanol–water partition coefficient (Wildman–Crippen LogP) is 1.76. The number of carbonyl (C=O) groups is 1. The lowest BCUT2D eigenvalue weighted by molar-refractivity contribution is -0.134. The van der Waals surface area contributed by atoms with Crippen LogP contribution in [0.5, 0.6) is 0 Å². The summed E-state index contributed by atoms with van der Waals surface area (Å²) in [6.45, 7) is 7.72. The van der Waals surface area contributed by atoms with E-state index in [0.717, 1.165) is 32.0 Å². The Kier molecular flexibility index (Phi) is 5.48. The summed E-state index contributed by atoms with van der Waals surface area (Å²) in [6, 6.07) is 0.192. The average molecular weight is 296 g/mol. The van der Waals surface area contributed by atoms with Gasteiger partial charge in [-0.3, -0.25) is 9.69 Å². The number of hydrogen-bond donors (Lipinski definition) is 1. The maximum absolute atomic E-state index is 12.3. The molecule has 5 nitrogen and oxygen atoms in total. The summed E-state index contributed by atoms with van der Waals surface area (Å²) in [6.07, 6.45) is 6.30. The van der Waals surface area contributed by atoms with Crippen molar-refractivity contribution in [3.63, 3.8) is 0 Å². The fourth-order valence-electron chi connectivity index (χ4n) is 2.60. The van der Waals surface area contributed by atoms with Crippen LogP contribution < -0.4 is 0 Å². The maximum atomic E-state index is 12.3. The molecule has 0 saturated carbocycles. The summed E-state index contributed by atoms with van der Waals surface area (Å²) < 4.78 is 0. The number of thioether (sulfide) groups is 1. The van der Waals surface area contributed by atoms with Gasteiger partial charge in [0.1, 0.15) is 5.82 Å². The highest BCUT2D eigenvalue weighted by Crippen LogP contribution is 2.23. The Hall–Kier alpha value is -1.01. The van der Waals surface area contributed by atoms with Crippen molar-refractivity contribution in [1.82, 2.24) is 19.8 Å². The van der Waals surface area contributed by atoms with Crippen LogP contribution in [0.4, 0.5) is 0 Å². The van der Waals surface area contributed by atoms with Gasteiger partial charge in [-0.15, -0.1) is 0 Å². The molecule has 2 heterocycles. The Morgan fingerprint density at radius 3 is 3.00 bits per heavy atom. The van der Waals surface area contributed by atoms with Gasteiger partial charge in [-0.2, -0.15) is 11.8 Å². The molecule has 1 fully saturated rings. The number of likely N-dealkylation sites (N-methyl/N-ethyl adjacent to an activating group) is 1. The Balaban J connectivity index is 2.02. The lowest BCUT2D eigenvalue weighted by Gasteiger charge is -2.40. The number of rotatable bonds is 5. The number of amides is 1. The lowest BCUT2D eigenvalue weighted by Crippen LogP contribution is -2.50. The first kappa shape index (κ1) is 15.4. The highest BCUT2D eigenvalue weighted by atomic mass is 32.2. The van der Waals surface area contributed by atoms with E-state index in [4.69, 9.17) is 0 Å². The predicted molar refractivity (Wildman–Crippen MR) is 82.7 cm³/mol. The molecule has 1 aliphatic rings. The number of piperazine rings is 1. The first-order chi connectivity index (χ1) is 9.65. The Bertz CT molecular complexity index is 423. The Morgan fingerprint density at radius 2 is 2.40 bits per heavy atom. The SMILES string of the molecule is CCN1CCN(C(=O)C[C@H](C)SC)C[C@@H]1c1ncc[nH]1. The number of aromatic amines is 1. The fourth-order valence-corrected chi connectivity index (χ4v) is 2.91. The molecule has 0 unspecified atom stereocenters. The number of imidazole rings is 1. The van der Waals surface area contributed by atoms with Crippen LogP contribution in [0.1, 0.15) is 32.1 Å². The van der Waals surface area contributed by atoms with Crippen molar-refractivity contribution in [3.8, 4) is 0 Å². The molecule has 0 spiro atoms. The lowest BCUT2D eigenvalue weighted by atomic mass is 10.1. The van der Waals surface area contributed by atoms with E-state index in [2.05, 4.69) is 35.0 Å². The Morgan fingerprint density at radius 1 is 1.60 bits per heavy atom. The van der Waals surface area contributed by atoms with E-state index in [-0.39, 0.29) is 11.9 Å². The van der Waals surface area contributed by atoms with E-state index >= 15 is 0 Å². The Labute approximate surface area is 125 Å². The molecule has 0 aromatic carbocycles. The van der Waals surface area contributed by atoms with Crippen LogP contribution >= 0.6 is 11.8 Å². The van der Waals surface area contributed by atoms with Gasteiger partial charge in [0.2, 0.25) is 5.91 Å². The third-order valence-corrected chi connectivity index (χ3v) is 4.92. The minimum atomic E-state index is 0.192. The quantitative estimate of drug-likeness (QED) is 0.899. The highest BCUT2D eigenvalue weighted by molar-refractivity contribution is 7.99. The summed E-state index contributed by atoms with van der Waals surface area (Å²) in [7, 11) is 0. The van der Waals surface area contributed by atoms with Gasteiger partial charge >= 0.3 is 0 Å². The second kappa shape index (κ2) is 7.13. The number of carbonyl (C=O) groups excluding carboxylic acids is 1. The zero-order chi connectivity index (χ0) is 14.5. The van der Waals surface area contributed by atoms with Crippen LogP contribution in [-0.2, 0) is 4.79 Å². The molecule has 2 atom stereocenters. The van der Waals surface area contributed by atoms with Crippen molar-refractivity contribution in [3.05, 3.63) is 18.2 Å². The number of hydrogen-bond acceptors (Lipinski definition) is 4. The van der Waals surface area contributed by atoms with Crippen molar-refractivity contribution in [2.45, 2.75) is 31.6 Å². The van der Waals surface area contributed by atoms with Crippen molar-refractivity contribution in [2.24, 2.45) is 0 Å². The molecule has 1 amide bonds. The fraction of sp³-hybridized carbons (Fsp3) is 0.714. The molecule has 112 valence electrons. The van der Waals surface area contributed by atoms with Crippen molar-refractivity contribution in [2.75, 3.05) is 32.4 Å². The van der Waals surface area contributed by atoms with Crippen LogP contribution in [0.3, 0.4) is 0 Å². The number of H-pyrrole nitrogens is 1. The van der Waals surface area contributed by atoms with E-state index in [1.54, 1.807) is 18.0 Å². The molecule has 0 bridgehead atoms. The molecular formula is C14H24N4OS. The van der Waals surface area contributed by atoms with Gasteiger partial charge in [0.15, 0.2) is 0 Å². The molecular weight excluding hydrogens is 272 g/mol. The summed E-state index contributed by atoms with van der Waals surface area (Å²) >= 11 is 1.74. The van der Waals surface area contributed by atoms with Crippen LogP contribution in [-0.4, -0.2) is 63.4 Å². The maximum Gasteiger partial charge on any atom is 0.223 e. The number of nitrogens with one attached hydrogen (secondary N) is 1. The standard InChI is InChI=1S/C14H24N4OS/c1-4-17-7-8-18(13(19)9-11(2)20-3)10-12(17)14-15-5-6-16-14/h5-6,11-12H,4,7-10H2,1-3H3,(H,15,16)/t11-,12+/m0/s1. The van der Waals surface area contributed by atoms with E-state index < -0.39 is 0 Å². The summed E-state index contributed by atoms with van der Waals surface area (Å²) in [5, 5.41) is 0.383. The molecule has 1 aromatic heterocycles. The molecule has 20 heavy (non-hydrogen) atoms. The zero-order valence-corrected chi connectivity index (χ0v) is 13.3. The van der Waals surface area contributed by atoms with Gasteiger partial charge in [-0.25, -0.2) is 4.98 Å². The molecule has 0 radical (unpaired) electrons. The van der Waals surface area contributed by atoms with Gasteiger partial charge in [-0.05, 0) is 12.8 Å². The third-order valence-electron chi connectivity index (χ3n) is 3.95. The van der Waals surface area contributed by atoms with Gasteiger partial charge < -0.3 is 9.88 Å². The second-order valence-electron chi connectivity index (χ2n) is 5.21. The van der Waals surface area contributed by atoms with E-state index in [9.17, 15) is 4.79 Å². The smallest absolute Gasteiger partial charge is 0.223 e.